The Hall–Kier alpha value is -4.53. The molecule has 4 N–H and O–H groups in total. The normalized spacial score (nSPS) is 10.8. The van der Waals surface area contributed by atoms with Crippen LogP contribution in [-0.4, -0.2) is 31.5 Å². The molecule has 2 heterocycles. The second-order valence-corrected chi connectivity index (χ2v) is 7.42. The molecular formula is C25H27N7O2. The number of anilines is 1. The topological polar surface area (TPSA) is 134 Å². The van der Waals surface area contributed by atoms with E-state index in [1.165, 1.54) is 17.1 Å². The van der Waals surface area contributed by atoms with Crippen LogP contribution in [0.1, 0.15) is 34.4 Å². The Morgan fingerprint density at radius 2 is 1.88 bits per heavy atom. The van der Waals surface area contributed by atoms with E-state index in [1.807, 2.05) is 62.4 Å². The van der Waals surface area contributed by atoms with E-state index >= 15 is 0 Å². The largest absolute Gasteiger partial charge is 0.382 e. The Kier molecular flexibility index (Phi) is 7.37. The van der Waals surface area contributed by atoms with Crippen molar-refractivity contribution in [3.8, 4) is 5.69 Å². The number of hydrogen-bond donors (Lipinski definition) is 2. The van der Waals surface area contributed by atoms with E-state index in [4.69, 9.17) is 11.5 Å². The number of nitrogens with zero attached hydrogens (tertiary/aromatic N) is 5. The van der Waals surface area contributed by atoms with Crippen molar-refractivity contribution < 1.29 is 4.79 Å². The van der Waals surface area contributed by atoms with Crippen LogP contribution in [0.5, 0.6) is 0 Å². The second-order valence-electron chi connectivity index (χ2n) is 7.42. The number of rotatable bonds is 5. The summed E-state index contributed by atoms with van der Waals surface area (Å²) in [5.41, 5.74) is 13.9. The molecule has 4 aromatic rings. The predicted molar refractivity (Wildman–Crippen MR) is 135 cm³/mol. The molecule has 0 atom stereocenters. The molecule has 0 fully saturated rings. The van der Waals surface area contributed by atoms with Gasteiger partial charge in [-0.1, -0.05) is 43.8 Å². The van der Waals surface area contributed by atoms with Crippen molar-refractivity contribution in [2.75, 3.05) is 5.73 Å². The summed E-state index contributed by atoms with van der Waals surface area (Å²) in [6.07, 6.45) is 3.48. The van der Waals surface area contributed by atoms with Gasteiger partial charge in [-0.25, -0.2) is 4.98 Å². The van der Waals surface area contributed by atoms with Gasteiger partial charge in [-0.15, -0.1) is 0 Å². The molecule has 0 aliphatic heterocycles. The Bertz CT molecular complexity index is 1430. The summed E-state index contributed by atoms with van der Waals surface area (Å²) in [6, 6.07) is 15.5. The molecule has 0 spiro atoms. The highest BCUT2D eigenvalue weighted by Gasteiger charge is 2.17. The van der Waals surface area contributed by atoms with Crippen LogP contribution in [-0.2, 0) is 13.5 Å². The lowest BCUT2D eigenvalue weighted by Gasteiger charge is -2.13. The first kappa shape index (κ1) is 24.1. The summed E-state index contributed by atoms with van der Waals surface area (Å²) in [5, 5.41) is 4.56. The minimum atomic E-state index is -0.624. The lowest BCUT2D eigenvalue weighted by molar-refractivity contribution is 0.100. The summed E-state index contributed by atoms with van der Waals surface area (Å²) in [4.78, 5) is 32.3. The molecule has 0 aliphatic rings. The summed E-state index contributed by atoms with van der Waals surface area (Å²) in [5.74, 6) is 0.269. The monoisotopic (exact) mass is 457 g/mol. The molecule has 1 amide bonds. The van der Waals surface area contributed by atoms with Gasteiger partial charge in [0.1, 0.15) is 11.4 Å². The van der Waals surface area contributed by atoms with Gasteiger partial charge in [0.2, 0.25) is 0 Å². The molecule has 0 saturated heterocycles. The maximum absolute atomic E-state index is 12.9. The molecule has 0 aliphatic carbocycles. The minimum absolute atomic E-state index is 0.0103. The van der Waals surface area contributed by atoms with E-state index in [0.29, 0.717) is 17.5 Å². The van der Waals surface area contributed by atoms with Gasteiger partial charge < -0.3 is 11.5 Å². The third-order valence-electron chi connectivity index (χ3n) is 5.17. The van der Waals surface area contributed by atoms with Gasteiger partial charge in [-0.3, -0.25) is 23.8 Å². The number of carbonyl (C=O) groups excluding carboxylic acids is 1. The number of hydrogen-bond acceptors (Lipinski definition) is 6. The van der Waals surface area contributed by atoms with Gasteiger partial charge in [-0.2, -0.15) is 5.10 Å². The van der Waals surface area contributed by atoms with Gasteiger partial charge in [-0.05, 0) is 30.7 Å². The SMILES string of the molecule is C=CN=Cc1c(C(N)=O)c(N)nn1C.CCc1nc2cccc(C)c2c(=O)n1-c1ccccc1. The Morgan fingerprint density at radius 1 is 1.18 bits per heavy atom. The molecule has 0 bridgehead atoms. The smallest absolute Gasteiger partial charge is 0.266 e. The molecule has 9 nitrogen and oxygen atoms in total. The molecule has 9 heteroatoms. The van der Waals surface area contributed by atoms with Crippen LogP contribution in [0.25, 0.3) is 16.6 Å². The molecule has 4 rings (SSSR count). The molecule has 0 unspecified atom stereocenters. The fourth-order valence-corrected chi connectivity index (χ4v) is 3.60. The van der Waals surface area contributed by atoms with Crippen molar-refractivity contribution in [2.45, 2.75) is 20.3 Å². The Balaban J connectivity index is 0.000000204. The number of nitrogen functional groups attached to an aromatic ring is 1. The zero-order valence-electron chi connectivity index (χ0n) is 19.4. The number of amides is 1. The van der Waals surface area contributed by atoms with Crippen LogP contribution < -0.4 is 17.0 Å². The van der Waals surface area contributed by atoms with Gasteiger partial charge >= 0.3 is 0 Å². The van der Waals surface area contributed by atoms with Gasteiger partial charge in [0, 0.05) is 19.7 Å². The van der Waals surface area contributed by atoms with Crippen molar-refractivity contribution in [3.05, 3.63) is 94.3 Å². The first-order valence-electron chi connectivity index (χ1n) is 10.6. The van der Waals surface area contributed by atoms with Crippen LogP contribution in [0, 0.1) is 6.92 Å². The molecule has 174 valence electrons. The van der Waals surface area contributed by atoms with E-state index in [2.05, 4.69) is 21.7 Å². The van der Waals surface area contributed by atoms with Gasteiger partial charge in [0.15, 0.2) is 5.82 Å². The van der Waals surface area contributed by atoms with Crippen LogP contribution in [0.4, 0.5) is 5.82 Å². The highest BCUT2D eigenvalue weighted by molar-refractivity contribution is 6.04. The summed E-state index contributed by atoms with van der Waals surface area (Å²) < 4.78 is 3.15. The van der Waals surface area contributed by atoms with Crippen molar-refractivity contribution in [3.63, 3.8) is 0 Å². The fourth-order valence-electron chi connectivity index (χ4n) is 3.60. The summed E-state index contributed by atoms with van der Waals surface area (Å²) in [6.45, 7) is 7.38. The maximum Gasteiger partial charge on any atom is 0.266 e. The molecular weight excluding hydrogens is 430 g/mol. The lowest BCUT2D eigenvalue weighted by Crippen LogP contribution is -2.24. The first-order chi connectivity index (χ1) is 16.3. The third-order valence-corrected chi connectivity index (χ3v) is 5.17. The van der Waals surface area contributed by atoms with Crippen LogP contribution in [0.15, 0.2) is 71.1 Å². The molecule has 34 heavy (non-hydrogen) atoms. The fraction of sp³-hybridized carbons (Fsp3) is 0.160. The van der Waals surface area contributed by atoms with E-state index < -0.39 is 5.91 Å². The maximum atomic E-state index is 12.9. The van der Waals surface area contributed by atoms with E-state index in [0.717, 1.165) is 22.6 Å². The number of aliphatic imine (C=N–C) groups is 1. The summed E-state index contributed by atoms with van der Waals surface area (Å²) >= 11 is 0. The molecule has 2 aromatic carbocycles. The first-order valence-corrected chi connectivity index (χ1v) is 10.6. The van der Waals surface area contributed by atoms with Crippen LogP contribution in [0.2, 0.25) is 0 Å². The van der Waals surface area contributed by atoms with Crippen LogP contribution >= 0.6 is 0 Å². The Morgan fingerprint density at radius 3 is 2.50 bits per heavy atom. The van der Waals surface area contributed by atoms with Crippen molar-refractivity contribution in [1.82, 2.24) is 19.3 Å². The van der Waals surface area contributed by atoms with Crippen LogP contribution in [0.3, 0.4) is 0 Å². The summed E-state index contributed by atoms with van der Waals surface area (Å²) in [7, 11) is 1.65. The average Bonchev–Trinajstić information content (AvgIpc) is 3.11. The molecule has 0 saturated carbocycles. The number of aryl methyl sites for hydroxylation is 3. The van der Waals surface area contributed by atoms with Crippen molar-refractivity contribution in [1.29, 1.82) is 0 Å². The number of primary amides is 1. The quantitative estimate of drug-likeness (QED) is 0.444. The number of para-hydroxylation sites is 1. The number of benzene rings is 2. The molecule has 0 radical (unpaired) electrons. The zero-order valence-corrected chi connectivity index (χ0v) is 19.4. The van der Waals surface area contributed by atoms with E-state index in [1.54, 1.807) is 11.6 Å². The average molecular weight is 458 g/mol. The standard InChI is InChI=1S/C17H16N2O.C8H11N5O/c1-3-15-18-14-11-7-8-12(2)16(14)17(20)19(15)13-9-5-4-6-10-13;1-3-11-4-5-6(8(10)14)7(9)12-13(5)2/h4-11H,3H2,1-2H3;3-4H,1H2,2H3,(H2,9,12)(H2,10,14). The van der Waals surface area contributed by atoms with Crippen molar-refractivity contribution in [2.24, 2.45) is 17.8 Å². The predicted octanol–water partition coefficient (Wildman–Crippen LogP) is 2.92. The van der Waals surface area contributed by atoms with Gasteiger partial charge in [0.05, 0.1) is 28.5 Å². The molecule has 2 aromatic heterocycles. The van der Waals surface area contributed by atoms with E-state index in [9.17, 15) is 9.59 Å². The number of fused-ring (bicyclic) bond motifs is 1. The highest BCUT2D eigenvalue weighted by atomic mass is 16.1. The third kappa shape index (κ3) is 4.78. The zero-order chi connectivity index (χ0) is 24.8. The number of nitrogens with two attached hydrogens (primary N) is 2. The second kappa shape index (κ2) is 10.4. The lowest BCUT2D eigenvalue weighted by atomic mass is 10.1. The number of aromatic nitrogens is 4. The van der Waals surface area contributed by atoms with Gasteiger partial charge in [0.25, 0.3) is 11.5 Å². The Labute approximate surface area is 197 Å². The van der Waals surface area contributed by atoms with E-state index in [-0.39, 0.29) is 16.9 Å². The highest BCUT2D eigenvalue weighted by Crippen LogP contribution is 2.16. The minimum Gasteiger partial charge on any atom is -0.382 e. The number of carbonyl (C=O) groups is 1. The van der Waals surface area contributed by atoms with Crippen molar-refractivity contribution >= 4 is 28.8 Å².